The average molecular weight is 327 g/mol. The maximum Gasteiger partial charge on any atom is 0.123 e. The van der Waals surface area contributed by atoms with Gasteiger partial charge in [0.1, 0.15) is 6.04 Å². The van der Waals surface area contributed by atoms with E-state index in [1.807, 2.05) is 36.4 Å². The largest absolute Gasteiger partial charge is 0.296 e. The number of pyridine rings is 1. The lowest BCUT2D eigenvalue weighted by Crippen LogP contribution is -2.46. The van der Waals surface area contributed by atoms with Gasteiger partial charge in [0.25, 0.3) is 0 Å². The molecule has 1 aromatic heterocycles. The molecule has 1 aliphatic heterocycles. The summed E-state index contributed by atoms with van der Waals surface area (Å²) in [6.45, 7) is 4.47. The van der Waals surface area contributed by atoms with E-state index in [-0.39, 0.29) is 6.04 Å². The lowest BCUT2D eigenvalue weighted by Gasteiger charge is -2.37. The predicted molar refractivity (Wildman–Crippen MR) is 90.9 cm³/mol. The molecule has 1 saturated heterocycles. The van der Waals surface area contributed by atoms with Crippen LogP contribution in [0, 0.1) is 11.3 Å². The van der Waals surface area contributed by atoms with E-state index in [0.717, 1.165) is 43.9 Å². The van der Waals surface area contributed by atoms with Gasteiger partial charge in [0.05, 0.1) is 11.1 Å². The van der Waals surface area contributed by atoms with Crippen molar-refractivity contribution in [2.45, 2.75) is 12.6 Å². The van der Waals surface area contributed by atoms with Crippen molar-refractivity contribution in [2.24, 2.45) is 0 Å². The number of aromatic nitrogens is 1. The monoisotopic (exact) mass is 326 g/mol. The fourth-order valence-corrected chi connectivity index (χ4v) is 3.13. The number of halogens is 1. The Morgan fingerprint density at radius 1 is 1.13 bits per heavy atom. The molecule has 1 unspecified atom stereocenters. The molecule has 0 spiro atoms. The van der Waals surface area contributed by atoms with Gasteiger partial charge in [0, 0.05) is 45.1 Å². The molecule has 23 heavy (non-hydrogen) atoms. The van der Waals surface area contributed by atoms with Gasteiger partial charge in [0.15, 0.2) is 0 Å². The Balaban J connectivity index is 1.60. The third-order valence-electron chi connectivity index (χ3n) is 4.26. The summed E-state index contributed by atoms with van der Waals surface area (Å²) in [6.07, 6.45) is 3.47. The fraction of sp³-hybridized carbons (Fsp3) is 0.333. The fourth-order valence-electron chi connectivity index (χ4n) is 2.96. The molecule has 0 N–H and O–H groups in total. The van der Waals surface area contributed by atoms with Crippen LogP contribution in [0.3, 0.4) is 0 Å². The molecule has 5 heteroatoms. The van der Waals surface area contributed by atoms with Gasteiger partial charge in [-0.2, -0.15) is 5.26 Å². The Labute approximate surface area is 141 Å². The number of rotatable bonds is 4. The van der Waals surface area contributed by atoms with Gasteiger partial charge in [-0.05, 0) is 17.2 Å². The molecule has 2 aromatic rings. The van der Waals surface area contributed by atoms with Crippen LogP contribution < -0.4 is 0 Å². The molecule has 1 aromatic carbocycles. The van der Waals surface area contributed by atoms with E-state index in [9.17, 15) is 5.26 Å². The first-order chi connectivity index (χ1) is 11.3. The van der Waals surface area contributed by atoms with E-state index in [1.165, 1.54) is 0 Å². The molecule has 4 nitrogen and oxygen atoms in total. The molecule has 0 saturated carbocycles. The lowest BCUT2D eigenvalue weighted by atomic mass is 10.1. The number of nitrogens with zero attached hydrogens (tertiary/aromatic N) is 4. The molecular weight excluding hydrogens is 308 g/mol. The summed E-state index contributed by atoms with van der Waals surface area (Å²) in [5.74, 6) is 0. The van der Waals surface area contributed by atoms with Gasteiger partial charge >= 0.3 is 0 Å². The molecule has 3 rings (SSSR count). The van der Waals surface area contributed by atoms with Crippen LogP contribution in [-0.2, 0) is 6.54 Å². The summed E-state index contributed by atoms with van der Waals surface area (Å²) in [7, 11) is 0. The summed E-state index contributed by atoms with van der Waals surface area (Å²) in [5.41, 5.74) is 2.18. The van der Waals surface area contributed by atoms with Crippen molar-refractivity contribution >= 4 is 11.6 Å². The number of hydrogen-bond donors (Lipinski definition) is 0. The van der Waals surface area contributed by atoms with Gasteiger partial charge in [-0.15, -0.1) is 0 Å². The van der Waals surface area contributed by atoms with Crippen LogP contribution in [0.1, 0.15) is 17.2 Å². The third-order valence-corrected chi connectivity index (χ3v) is 4.60. The summed E-state index contributed by atoms with van der Waals surface area (Å²) >= 11 is 6.18. The molecule has 118 valence electrons. The molecule has 1 atom stereocenters. The topological polar surface area (TPSA) is 43.2 Å². The van der Waals surface area contributed by atoms with Crippen LogP contribution in [0.15, 0.2) is 48.8 Å². The third kappa shape index (κ3) is 3.89. The van der Waals surface area contributed by atoms with Crippen LogP contribution in [0.4, 0.5) is 0 Å². The maximum absolute atomic E-state index is 9.54. The molecule has 0 aliphatic carbocycles. The first kappa shape index (κ1) is 15.9. The predicted octanol–water partition coefficient (Wildman–Crippen LogP) is 3.12. The Hall–Kier alpha value is -1.93. The number of nitriles is 1. The zero-order valence-electron chi connectivity index (χ0n) is 12.9. The van der Waals surface area contributed by atoms with Gasteiger partial charge in [0.2, 0.25) is 0 Å². The standard InChI is InChI=1S/C18H19ClN4/c19-17-13-21-7-6-16(17)14-22-8-10-23(11-9-22)18(12-20)15-4-2-1-3-5-15/h1-7,13,18H,8-11,14H2. The highest BCUT2D eigenvalue weighted by Crippen LogP contribution is 2.22. The normalized spacial score (nSPS) is 17.6. The van der Waals surface area contributed by atoms with E-state index in [4.69, 9.17) is 11.6 Å². The molecule has 1 fully saturated rings. The minimum Gasteiger partial charge on any atom is -0.296 e. The van der Waals surface area contributed by atoms with Crippen LogP contribution in [0.5, 0.6) is 0 Å². The van der Waals surface area contributed by atoms with Crippen molar-refractivity contribution in [2.75, 3.05) is 26.2 Å². The second-order valence-corrected chi connectivity index (χ2v) is 6.13. The SMILES string of the molecule is N#CC(c1ccccc1)N1CCN(Cc2ccncc2Cl)CC1. The Morgan fingerprint density at radius 2 is 1.87 bits per heavy atom. The Bertz CT molecular complexity index is 675. The highest BCUT2D eigenvalue weighted by molar-refractivity contribution is 6.31. The van der Waals surface area contributed by atoms with E-state index in [2.05, 4.69) is 20.9 Å². The first-order valence-corrected chi connectivity index (χ1v) is 8.15. The summed E-state index contributed by atoms with van der Waals surface area (Å²) in [5, 5.41) is 10.3. The summed E-state index contributed by atoms with van der Waals surface area (Å²) < 4.78 is 0. The number of benzene rings is 1. The first-order valence-electron chi connectivity index (χ1n) is 7.77. The number of hydrogen-bond acceptors (Lipinski definition) is 4. The average Bonchev–Trinajstić information content (AvgIpc) is 2.60. The minimum absolute atomic E-state index is 0.164. The minimum atomic E-state index is -0.164. The van der Waals surface area contributed by atoms with Crippen LogP contribution in [0.2, 0.25) is 5.02 Å². The van der Waals surface area contributed by atoms with Crippen LogP contribution in [-0.4, -0.2) is 41.0 Å². The van der Waals surface area contributed by atoms with E-state index in [0.29, 0.717) is 5.02 Å². The molecule has 1 aliphatic rings. The van der Waals surface area contributed by atoms with Gasteiger partial charge in [-0.3, -0.25) is 14.8 Å². The van der Waals surface area contributed by atoms with Gasteiger partial charge in [-0.25, -0.2) is 0 Å². The zero-order chi connectivity index (χ0) is 16.1. The molecule has 0 bridgehead atoms. The second kappa shape index (κ2) is 7.56. The van der Waals surface area contributed by atoms with Crippen molar-refractivity contribution in [1.29, 1.82) is 5.26 Å². The van der Waals surface area contributed by atoms with Crippen molar-refractivity contribution < 1.29 is 0 Å². The quantitative estimate of drug-likeness (QED) is 0.866. The smallest absolute Gasteiger partial charge is 0.123 e. The lowest BCUT2D eigenvalue weighted by molar-refractivity contribution is 0.109. The van der Waals surface area contributed by atoms with Crippen molar-refractivity contribution in [3.05, 3.63) is 64.9 Å². The number of piperazine rings is 1. The van der Waals surface area contributed by atoms with Crippen molar-refractivity contribution in [1.82, 2.24) is 14.8 Å². The van der Waals surface area contributed by atoms with Crippen molar-refractivity contribution in [3.63, 3.8) is 0 Å². The molecule has 0 radical (unpaired) electrons. The van der Waals surface area contributed by atoms with E-state index in [1.54, 1.807) is 12.4 Å². The highest BCUT2D eigenvalue weighted by atomic mass is 35.5. The van der Waals surface area contributed by atoms with Gasteiger partial charge in [-0.1, -0.05) is 41.9 Å². The van der Waals surface area contributed by atoms with Crippen molar-refractivity contribution in [3.8, 4) is 6.07 Å². The van der Waals surface area contributed by atoms with Crippen LogP contribution in [0.25, 0.3) is 0 Å². The molecule has 0 amide bonds. The second-order valence-electron chi connectivity index (χ2n) is 5.72. The Morgan fingerprint density at radius 3 is 2.52 bits per heavy atom. The maximum atomic E-state index is 9.54. The molecular formula is C18H19ClN4. The summed E-state index contributed by atoms with van der Waals surface area (Å²) in [6, 6.07) is 14.2. The Kier molecular flexibility index (Phi) is 5.24. The highest BCUT2D eigenvalue weighted by Gasteiger charge is 2.25. The van der Waals surface area contributed by atoms with Gasteiger partial charge < -0.3 is 0 Å². The van der Waals surface area contributed by atoms with E-state index >= 15 is 0 Å². The van der Waals surface area contributed by atoms with Crippen LogP contribution >= 0.6 is 11.6 Å². The molecule has 2 heterocycles. The van der Waals surface area contributed by atoms with E-state index < -0.39 is 0 Å². The zero-order valence-corrected chi connectivity index (χ0v) is 13.7. The summed E-state index contributed by atoms with van der Waals surface area (Å²) in [4.78, 5) is 8.65.